The van der Waals surface area contributed by atoms with Gasteiger partial charge in [0.1, 0.15) is 0 Å². The third-order valence-corrected chi connectivity index (χ3v) is 1.71. The Morgan fingerprint density at radius 2 is 1.43 bits per heavy atom. The molecule has 14 heavy (non-hydrogen) atoms. The Morgan fingerprint density at radius 1 is 1.00 bits per heavy atom. The number of hydrogen-bond donors (Lipinski definition) is 2. The molecule has 0 aliphatic heterocycles. The fraction of sp³-hybridized carbons (Fsp3) is 0. The highest BCUT2D eigenvalue weighted by molar-refractivity contribution is 5.78. The number of hydrogen-bond acceptors (Lipinski definition) is 3. The first-order valence-electron chi connectivity index (χ1n) is 3.77. The van der Waals surface area contributed by atoms with Gasteiger partial charge in [-0.15, -0.1) is 0 Å². The highest BCUT2D eigenvalue weighted by atomic mass is 16.2. The molecule has 0 radical (unpaired) electrons. The first-order chi connectivity index (χ1) is 6.70. The van der Waals surface area contributed by atoms with Gasteiger partial charge >= 0.3 is 17.4 Å². The zero-order valence-corrected chi connectivity index (χ0v) is 6.93. The zero-order chi connectivity index (χ0) is 10.1. The molecule has 2 aromatic rings. The fourth-order valence-corrected chi connectivity index (χ4v) is 1.06. The first-order valence-corrected chi connectivity index (χ1v) is 3.77. The van der Waals surface area contributed by atoms with E-state index in [1.165, 1.54) is 24.8 Å². The van der Waals surface area contributed by atoms with E-state index in [2.05, 4.69) is 9.97 Å². The van der Waals surface area contributed by atoms with Crippen LogP contribution in [-0.4, -0.2) is 25.1 Å². The molecule has 0 aliphatic rings. The Labute approximate surface area is 76.6 Å². The molecule has 0 fully saturated rings. The summed E-state index contributed by atoms with van der Waals surface area (Å²) in [4.78, 5) is 38.1. The summed E-state index contributed by atoms with van der Waals surface area (Å²) < 4.78 is 1.60. The van der Waals surface area contributed by atoms with E-state index >= 15 is 0 Å². The largest absolute Gasteiger partial charge is 0.344 e. The third kappa shape index (κ3) is 1.11. The second-order valence-corrected chi connectivity index (χ2v) is 2.55. The zero-order valence-electron chi connectivity index (χ0n) is 6.93. The fourth-order valence-electron chi connectivity index (χ4n) is 1.06. The van der Waals surface area contributed by atoms with Gasteiger partial charge in [-0.2, -0.15) is 0 Å². The lowest BCUT2D eigenvalue weighted by Crippen LogP contribution is -2.33. The lowest BCUT2D eigenvalue weighted by atomic mass is 10.8. The number of rotatable bonds is 0. The number of nitrogens with zero attached hydrogens (tertiary/aromatic N) is 2. The molecule has 7 heteroatoms. The van der Waals surface area contributed by atoms with E-state index in [0.29, 0.717) is 0 Å². The smallest absolute Gasteiger partial charge is 0.312 e. The Kier molecular flexibility index (Phi) is 1.70. The molecule has 7 nitrogen and oxygen atoms in total. The highest BCUT2D eigenvalue weighted by Crippen LogP contribution is 1.85. The van der Waals surface area contributed by atoms with Crippen molar-refractivity contribution in [3.63, 3.8) is 0 Å². The number of nitrogens with one attached hydrogen (secondary N) is 2. The van der Waals surface area contributed by atoms with Crippen molar-refractivity contribution in [3.8, 4) is 0 Å². The molecule has 0 saturated carbocycles. The molecule has 0 amide bonds. The standard InChI is InChI=1S/C7H6N4O3/c12-5-8-1-3-10(5)7(14)11-4-2-9-6(11)13/h1-4H,(H,8,12)(H,9,13). The van der Waals surface area contributed by atoms with Crippen LogP contribution in [0.5, 0.6) is 0 Å². The second kappa shape index (κ2) is 2.87. The molecule has 0 unspecified atom stereocenters. The molecule has 2 heterocycles. The maximum Gasteiger partial charge on any atom is 0.344 e. The number of carbonyl (C=O) groups is 1. The molecule has 0 bridgehead atoms. The van der Waals surface area contributed by atoms with Crippen molar-refractivity contribution in [1.82, 2.24) is 19.1 Å². The Morgan fingerprint density at radius 3 is 1.71 bits per heavy atom. The number of imidazole rings is 2. The van der Waals surface area contributed by atoms with E-state index in [1.807, 2.05) is 0 Å². The minimum absolute atomic E-state index is 0.580. The van der Waals surface area contributed by atoms with Gasteiger partial charge in [0, 0.05) is 24.8 Å². The van der Waals surface area contributed by atoms with Crippen molar-refractivity contribution in [2.45, 2.75) is 0 Å². The van der Waals surface area contributed by atoms with Crippen LogP contribution < -0.4 is 11.4 Å². The monoisotopic (exact) mass is 194 g/mol. The summed E-state index contributed by atoms with van der Waals surface area (Å²) in [6.45, 7) is 0. The molecule has 2 aromatic heterocycles. The topological polar surface area (TPSA) is 92.7 Å². The van der Waals surface area contributed by atoms with Crippen LogP contribution in [-0.2, 0) is 0 Å². The third-order valence-electron chi connectivity index (χ3n) is 1.71. The van der Waals surface area contributed by atoms with Crippen molar-refractivity contribution in [1.29, 1.82) is 0 Å². The van der Waals surface area contributed by atoms with Crippen molar-refractivity contribution in [3.05, 3.63) is 45.8 Å². The Bertz CT molecular complexity index is 520. The van der Waals surface area contributed by atoms with Crippen molar-refractivity contribution in [2.24, 2.45) is 0 Å². The Hall–Kier alpha value is -2.31. The minimum atomic E-state index is -0.720. The van der Waals surface area contributed by atoms with Crippen molar-refractivity contribution in [2.75, 3.05) is 0 Å². The predicted octanol–water partition coefficient (Wildman–Crippen LogP) is -0.817. The highest BCUT2D eigenvalue weighted by Gasteiger charge is 2.11. The van der Waals surface area contributed by atoms with Gasteiger partial charge in [0.25, 0.3) is 0 Å². The van der Waals surface area contributed by atoms with Crippen LogP contribution in [0.25, 0.3) is 0 Å². The van der Waals surface area contributed by atoms with Gasteiger partial charge in [-0.1, -0.05) is 0 Å². The average Bonchev–Trinajstić information content (AvgIpc) is 2.73. The summed E-state index contributed by atoms with van der Waals surface area (Å²) in [7, 11) is 0. The maximum absolute atomic E-state index is 11.5. The van der Waals surface area contributed by atoms with E-state index in [4.69, 9.17) is 0 Å². The lowest BCUT2D eigenvalue weighted by Gasteiger charge is -1.97. The first kappa shape index (κ1) is 8.30. The predicted molar refractivity (Wildman–Crippen MR) is 46.3 cm³/mol. The van der Waals surface area contributed by atoms with Gasteiger partial charge < -0.3 is 9.97 Å². The lowest BCUT2D eigenvalue weighted by molar-refractivity contribution is 0.242. The van der Waals surface area contributed by atoms with Gasteiger partial charge in [0.15, 0.2) is 0 Å². The van der Waals surface area contributed by atoms with Crippen LogP contribution >= 0.6 is 0 Å². The van der Waals surface area contributed by atoms with Crippen LogP contribution in [0.3, 0.4) is 0 Å². The van der Waals surface area contributed by atoms with Gasteiger partial charge in [0.05, 0.1) is 0 Å². The Balaban J connectivity index is 2.54. The number of aromatic nitrogens is 4. The molecular weight excluding hydrogens is 188 g/mol. The molecule has 0 atom stereocenters. The van der Waals surface area contributed by atoms with Crippen LogP contribution in [0, 0.1) is 0 Å². The number of H-pyrrole nitrogens is 2. The van der Waals surface area contributed by atoms with Gasteiger partial charge in [-0.3, -0.25) is 0 Å². The summed E-state index contributed by atoms with van der Waals surface area (Å²) >= 11 is 0. The molecule has 0 spiro atoms. The normalized spacial score (nSPS) is 10.3. The van der Waals surface area contributed by atoms with Gasteiger partial charge in [0.2, 0.25) is 0 Å². The minimum Gasteiger partial charge on any atom is -0.312 e. The van der Waals surface area contributed by atoms with Crippen molar-refractivity contribution >= 4 is 6.03 Å². The summed E-state index contributed by atoms with van der Waals surface area (Å²) in [6.07, 6.45) is 5.14. The summed E-state index contributed by atoms with van der Waals surface area (Å²) in [6, 6.07) is -0.720. The maximum atomic E-state index is 11.5. The van der Waals surface area contributed by atoms with E-state index in [-0.39, 0.29) is 0 Å². The molecule has 72 valence electrons. The number of carbonyl (C=O) groups excluding carboxylic acids is 1. The van der Waals surface area contributed by atoms with E-state index in [0.717, 1.165) is 9.13 Å². The van der Waals surface area contributed by atoms with E-state index in [9.17, 15) is 14.4 Å². The van der Waals surface area contributed by atoms with Gasteiger partial charge in [-0.25, -0.2) is 23.5 Å². The van der Waals surface area contributed by atoms with Crippen molar-refractivity contribution < 1.29 is 4.79 Å². The van der Waals surface area contributed by atoms with E-state index in [1.54, 1.807) is 0 Å². The second-order valence-electron chi connectivity index (χ2n) is 2.55. The average molecular weight is 194 g/mol. The SMILES string of the molecule is O=C(n1cc[nH]c1=O)n1cc[nH]c1=O. The molecular formula is C7H6N4O3. The van der Waals surface area contributed by atoms with Crippen LogP contribution in [0.15, 0.2) is 34.4 Å². The van der Waals surface area contributed by atoms with Crippen LogP contribution in [0.1, 0.15) is 0 Å². The van der Waals surface area contributed by atoms with Gasteiger partial charge in [-0.05, 0) is 0 Å². The molecule has 2 rings (SSSR count). The van der Waals surface area contributed by atoms with Crippen LogP contribution in [0.2, 0.25) is 0 Å². The number of aromatic amines is 2. The quantitative estimate of drug-likeness (QED) is 0.574. The van der Waals surface area contributed by atoms with E-state index < -0.39 is 17.4 Å². The molecule has 0 aliphatic carbocycles. The summed E-state index contributed by atoms with van der Waals surface area (Å²) in [5.41, 5.74) is -1.16. The summed E-state index contributed by atoms with van der Waals surface area (Å²) in [5, 5.41) is 0. The van der Waals surface area contributed by atoms with Crippen LogP contribution in [0.4, 0.5) is 4.79 Å². The molecule has 0 saturated heterocycles. The molecule has 2 N–H and O–H groups in total. The summed E-state index contributed by atoms with van der Waals surface area (Å²) in [5.74, 6) is 0. The molecule has 0 aromatic carbocycles.